The first kappa shape index (κ1) is 12.9. The largest absolute Gasteiger partial charge is 0.360 e. The summed E-state index contributed by atoms with van der Waals surface area (Å²) in [6, 6.07) is 9.22. The van der Waals surface area contributed by atoms with Gasteiger partial charge < -0.3 is 10.6 Å². The van der Waals surface area contributed by atoms with E-state index in [2.05, 4.69) is 41.8 Å². The average molecular weight is 274 g/mol. The van der Waals surface area contributed by atoms with Crippen molar-refractivity contribution >= 4 is 17.3 Å². The Morgan fingerprint density at radius 2 is 2.00 bits per heavy atom. The highest BCUT2D eigenvalue weighted by Gasteiger charge is 2.39. The van der Waals surface area contributed by atoms with E-state index < -0.39 is 0 Å². The average Bonchev–Trinajstić information content (AvgIpc) is 3.00. The number of hydrogen-bond acceptors (Lipinski definition) is 1. The van der Waals surface area contributed by atoms with Crippen molar-refractivity contribution in [2.75, 3.05) is 0 Å². The normalized spacial score (nSPS) is 28.4. The number of fused-ring (bicyclic) bond motifs is 2. The predicted molar refractivity (Wildman–Crippen MR) is 83.0 cm³/mol. The molecule has 0 unspecified atom stereocenters. The Kier molecular flexibility index (Phi) is 3.74. The SMILES string of the molecule is Cc1ccc(CNC(=S)N[C@@H]2C[C@H]3CC[C@H]2C3)cc1. The highest BCUT2D eigenvalue weighted by Crippen LogP contribution is 2.44. The smallest absolute Gasteiger partial charge is 0.166 e. The van der Waals surface area contributed by atoms with E-state index in [9.17, 15) is 0 Å². The molecular formula is C16H22N2S. The van der Waals surface area contributed by atoms with Gasteiger partial charge >= 0.3 is 0 Å². The number of aryl methyl sites for hydroxylation is 1. The van der Waals surface area contributed by atoms with Gasteiger partial charge in [-0.2, -0.15) is 0 Å². The molecule has 0 aliphatic heterocycles. The second-order valence-electron chi connectivity index (χ2n) is 6.09. The molecule has 3 atom stereocenters. The summed E-state index contributed by atoms with van der Waals surface area (Å²) in [6.07, 6.45) is 5.56. The third-order valence-electron chi connectivity index (χ3n) is 4.63. The van der Waals surface area contributed by atoms with Crippen LogP contribution in [-0.2, 0) is 6.54 Å². The van der Waals surface area contributed by atoms with E-state index in [1.54, 1.807) is 0 Å². The lowest BCUT2D eigenvalue weighted by Gasteiger charge is -2.24. The second kappa shape index (κ2) is 5.49. The quantitative estimate of drug-likeness (QED) is 0.828. The molecule has 0 spiro atoms. The van der Waals surface area contributed by atoms with Gasteiger partial charge in [-0.25, -0.2) is 0 Å². The zero-order valence-corrected chi connectivity index (χ0v) is 12.3. The summed E-state index contributed by atoms with van der Waals surface area (Å²) < 4.78 is 0. The molecular weight excluding hydrogens is 252 g/mol. The molecule has 0 aromatic heterocycles. The summed E-state index contributed by atoms with van der Waals surface area (Å²) in [7, 11) is 0. The van der Waals surface area contributed by atoms with Gasteiger partial charge in [0.25, 0.3) is 0 Å². The van der Waals surface area contributed by atoms with Crippen molar-refractivity contribution in [3.05, 3.63) is 35.4 Å². The minimum Gasteiger partial charge on any atom is -0.360 e. The highest BCUT2D eigenvalue weighted by molar-refractivity contribution is 7.80. The van der Waals surface area contributed by atoms with E-state index >= 15 is 0 Å². The Labute approximate surface area is 121 Å². The van der Waals surface area contributed by atoms with Crippen LogP contribution in [0.25, 0.3) is 0 Å². The first-order valence-corrected chi connectivity index (χ1v) is 7.71. The van der Waals surface area contributed by atoms with E-state index in [0.717, 1.165) is 23.5 Å². The van der Waals surface area contributed by atoms with E-state index in [1.165, 1.54) is 36.8 Å². The molecule has 0 saturated heterocycles. The maximum atomic E-state index is 5.41. The molecule has 2 aliphatic carbocycles. The minimum atomic E-state index is 0.622. The summed E-state index contributed by atoms with van der Waals surface area (Å²) in [4.78, 5) is 0. The van der Waals surface area contributed by atoms with Gasteiger partial charge in [-0.1, -0.05) is 36.2 Å². The molecule has 0 radical (unpaired) electrons. The Morgan fingerprint density at radius 1 is 1.21 bits per heavy atom. The monoisotopic (exact) mass is 274 g/mol. The van der Waals surface area contributed by atoms with Gasteiger partial charge in [0.1, 0.15) is 0 Å². The fourth-order valence-electron chi connectivity index (χ4n) is 3.53. The Hall–Kier alpha value is -1.09. The summed E-state index contributed by atoms with van der Waals surface area (Å²) in [5.41, 5.74) is 2.58. The standard InChI is InChI=1S/C16H22N2S/c1-11-2-4-12(5-3-11)10-17-16(19)18-15-9-13-6-7-14(15)8-13/h2-5,13-15H,6-10H2,1H3,(H2,17,18,19)/t13-,14-,15+/m0/s1. The molecule has 0 amide bonds. The maximum absolute atomic E-state index is 5.41. The Balaban J connectivity index is 1.45. The summed E-state index contributed by atoms with van der Waals surface area (Å²) in [5.74, 6) is 1.83. The molecule has 102 valence electrons. The topological polar surface area (TPSA) is 24.1 Å². The first-order valence-electron chi connectivity index (χ1n) is 7.30. The number of rotatable bonds is 3. The molecule has 2 aliphatic rings. The van der Waals surface area contributed by atoms with Gasteiger partial charge in [0.05, 0.1) is 0 Å². The van der Waals surface area contributed by atoms with Crippen LogP contribution in [0.15, 0.2) is 24.3 Å². The van der Waals surface area contributed by atoms with Crippen LogP contribution in [0.5, 0.6) is 0 Å². The van der Waals surface area contributed by atoms with Crippen molar-refractivity contribution in [3.63, 3.8) is 0 Å². The van der Waals surface area contributed by atoms with E-state index in [4.69, 9.17) is 12.2 Å². The van der Waals surface area contributed by atoms with Crippen LogP contribution >= 0.6 is 12.2 Å². The van der Waals surface area contributed by atoms with Crippen LogP contribution < -0.4 is 10.6 Å². The molecule has 2 N–H and O–H groups in total. The summed E-state index contributed by atoms with van der Waals surface area (Å²) in [6.45, 7) is 2.92. The zero-order chi connectivity index (χ0) is 13.2. The van der Waals surface area contributed by atoms with Crippen molar-refractivity contribution in [2.24, 2.45) is 11.8 Å². The summed E-state index contributed by atoms with van der Waals surface area (Å²) >= 11 is 5.41. The summed E-state index contributed by atoms with van der Waals surface area (Å²) in [5, 5.41) is 7.66. The molecule has 1 aromatic carbocycles. The van der Waals surface area contributed by atoms with Gasteiger partial charge in [-0.05, 0) is 55.8 Å². The Bertz CT molecular complexity index is 454. The third-order valence-corrected chi connectivity index (χ3v) is 4.89. The molecule has 2 fully saturated rings. The number of benzene rings is 1. The number of nitrogens with one attached hydrogen (secondary N) is 2. The van der Waals surface area contributed by atoms with Gasteiger partial charge in [-0.15, -0.1) is 0 Å². The van der Waals surface area contributed by atoms with E-state index in [1.807, 2.05) is 0 Å². The third kappa shape index (κ3) is 3.08. The maximum Gasteiger partial charge on any atom is 0.166 e. The molecule has 0 heterocycles. The molecule has 3 heteroatoms. The van der Waals surface area contributed by atoms with Gasteiger partial charge in [-0.3, -0.25) is 0 Å². The molecule has 19 heavy (non-hydrogen) atoms. The minimum absolute atomic E-state index is 0.622. The lowest BCUT2D eigenvalue weighted by Crippen LogP contribution is -2.43. The fourth-order valence-corrected chi connectivity index (χ4v) is 3.75. The van der Waals surface area contributed by atoms with Crippen molar-refractivity contribution in [2.45, 2.75) is 45.2 Å². The predicted octanol–water partition coefficient (Wildman–Crippen LogP) is 3.15. The van der Waals surface area contributed by atoms with Gasteiger partial charge in [0.15, 0.2) is 5.11 Å². The molecule has 2 bridgehead atoms. The van der Waals surface area contributed by atoms with Crippen LogP contribution in [0, 0.1) is 18.8 Å². The zero-order valence-electron chi connectivity index (χ0n) is 11.5. The number of hydrogen-bond donors (Lipinski definition) is 2. The fraction of sp³-hybridized carbons (Fsp3) is 0.562. The lowest BCUT2D eigenvalue weighted by molar-refractivity contribution is 0.389. The van der Waals surface area contributed by atoms with Crippen LogP contribution in [0.1, 0.15) is 36.8 Å². The molecule has 3 rings (SSSR count). The lowest BCUT2D eigenvalue weighted by atomic mass is 9.96. The van der Waals surface area contributed by atoms with Crippen molar-refractivity contribution in [1.29, 1.82) is 0 Å². The van der Waals surface area contributed by atoms with Gasteiger partial charge in [0, 0.05) is 12.6 Å². The second-order valence-corrected chi connectivity index (χ2v) is 6.50. The van der Waals surface area contributed by atoms with Crippen molar-refractivity contribution in [1.82, 2.24) is 10.6 Å². The van der Waals surface area contributed by atoms with Crippen LogP contribution in [0.4, 0.5) is 0 Å². The van der Waals surface area contributed by atoms with Crippen molar-refractivity contribution in [3.8, 4) is 0 Å². The van der Waals surface area contributed by atoms with Crippen molar-refractivity contribution < 1.29 is 0 Å². The highest BCUT2D eigenvalue weighted by atomic mass is 32.1. The van der Waals surface area contributed by atoms with Crippen LogP contribution in [0.2, 0.25) is 0 Å². The molecule has 2 nitrogen and oxygen atoms in total. The van der Waals surface area contributed by atoms with Crippen LogP contribution in [0.3, 0.4) is 0 Å². The molecule has 2 saturated carbocycles. The number of thiocarbonyl (C=S) groups is 1. The van der Waals surface area contributed by atoms with Crippen LogP contribution in [-0.4, -0.2) is 11.2 Å². The van der Waals surface area contributed by atoms with E-state index in [0.29, 0.717) is 6.04 Å². The first-order chi connectivity index (χ1) is 9.20. The molecule has 1 aromatic rings. The van der Waals surface area contributed by atoms with E-state index in [-0.39, 0.29) is 0 Å². The van der Waals surface area contributed by atoms with Gasteiger partial charge in [0.2, 0.25) is 0 Å². The Morgan fingerprint density at radius 3 is 2.63 bits per heavy atom.